The summed E-state index contributed by atoms with van der Waals surface area (Å²) >= 11 is -1.35. The van der Waals surface area contributed by atoms with Crippen LogP contribution in [0.5, 0.6) is 6.08 Å². The SMILES string of the molecule is CS(=O)Oc1ncco1. The molecular formula is C4H5NO3S. The second kappa shape index (κ2) is 2.63. The zero-order valence-corrected chi connectivity index (χ0v) is 5.55. The summed E-state index contributed by atoms with van der Waals surface area (Å²) in [6.45, 7) is 0. The molecule has 0 saturated carbocycles. The first-order valence-electron chi connectivity index (χ1n) is 2.20. The van der Waals surface area contributed by atoms with E-state index in [9.17, 15) is 4.21 Å². The molecule has 1 atom stereocenters. The molecule has 4 nitrogen and oxygen atoms in total. The van der Waals surface area contributed by atoms with E-state index in [1.165, 1.54) is 18.7 Å². The third kappa shape index (κ3) is 1.85. The zero-order valence-electron chi connectivity index (χ0n) is 4.73. The van der Waals surface area contributed by atoms with Crippen molar-refractivity contribution in [2.24, 2.45) is 0 Å². The van der Waals surface area contributed by atoms with Crippen LogP contribution in [0.25, 0.3) is 0 Å². The summed E-state index contributed by atoms with van der Waals surface area (Å²) in [6, 6.07) is 0. The maximum absolute atomic E-state index is 10.3. The van der Waals surface area contributed by atoms with Gasteiger partial charge < -0.3 is 8.60 Å². The van der Waals surface area contributed by atoms with Gasteiger partial charge in [0.05, 0.1) is 6.20 Å². The molecule has 9 heavy (non-hydrogen) atoms. The fraction of sp³-hybridized carbons (Fsp3) is 0.250. The third-order valence-corrected chi connectivity index (χ3v) is 0.976. The van der Waals surface area contributed by atoms with Crippen LogP contribution in [0.3, 0.4) is 0 Å². The number of nitrogens with zero attached hydrogens (tertiary/aromatic N) is 1. The molecule has 0 bridgehead atoms. The minimum Gasteiger partial charge on any atom is -0.417 e. The molecule has 1 heterocycles. The lowest BCUT2D eigenvalue weighted by molar-refractivity contribution is 0.391. The van der Waals surface area contributed by atoms with Crippen molar-refractivity contribution in [3.63, 3.8) is 0 Å². The first-order chi connectivity index (χ1) is 4.29. The van der Waals surface area contributed by atoms with Gasteiger partial charge in [0.1, 0.15) is 6.26 Å². The van der Waals surface area contributed by atoms with Gasteiger partial charge in [-0.15, -0.1) is 0 Å². The van der Waals surface area contributed by atoms with Crippen LogP contribution in [0.2, 0.25) is 0 Å². The van der Waals surface area contributed by atoms with Crippen LogP contribution < -0.4 is 4.18 Å². The summed E-state index contributed by atoms with van der Waals surface area (Å²) in [6.07, 6.45) is 4.20. The molecule has 0 aliphatic rings. The quantitative estimate of drug-likeness (QED) is 0.605. The fourth-order valence-electron chi connectivity index (χ4n) is 0.352. The average molecular weight is 147 g/mol. The highest BCUT2D eigenvalue weighted by atomic mass is 32.2. The van der Waals surface area contributed by atoms with Crippen LogP contribution in [-0.2, 0) is 11.1 Å². The lowest BCUT2D eigenvalue weighted by Gasteiger charge is -1.89. The lowest BCUT2D eigenvalue weighted by Crippen LogP contribution is -1.95. The van der Waals surface area contributed by atoms with Gasteiger partial charge >= 0.3 is 6.08 Å². The summed E-state index contributed by atoms with van der Waals surface area (Å²) in [5.74, 6) is 0. The van der Waals surface area contributed by atoms with Gasteiger partial charge in [0, 0.05) is 6.26 Å². The number of rotatable bonds is 2. The Labute approximate surface area is 54.5 Å². The summed E-state index contributed by atoms with van der Waals surface area (Å²) in [7, 11) is 0. The van der Waals surface area contributed by atoms with E-state index in [1.54, 1.807) is 0 Å². The maximum Gasteiger partial charge on any atom is 0.408 e. The molecule has 0 fully saturated rings. The second-order valence-electron chi connectivity index (χ2n) is 1.28. The van der Waals surface area contributed by atoms with Gasteiger partial charge in [0.15, 0.2) is 0 Å². The molecule has 1 unspecified atom stereocenters. The van der Waals surface area contributed by atoms with Crippen molar-refractivity contribution in [1.82, 2.24) is 4.98 Å². The molecule has 0 radical (unpaired) electrons. The molecule has 0 N–H and O–H groups in total. The van der Waals surface area contributed by atoms with Crippen molar-refractivity contribution in [3.8, 4) is 6.08 Å². The Morgan fingerprint density at radius 2 is 2.67 bits per heavy atom. The Bertz CT molecular complexity index is 196. The monoisotopic (exact) mass is 147 g/mol. The van der Waals surface area contributed by atoms with Gasteiger partial charge in [-0.1, -0.05) is 0 Å². The van der Waals surface area contributed by atoms with Gasteiger partial charge in [0.2, 0.25) is 11.1 Å². The topological polar surface area (TPSA) is 52.3 Å². The van der Waals surface area contributed by atoms with E-state index < -0.39 is 11.1 Å². The van der Waals surface area contributed by atoms with E-state index in [0.29, 0.717) is 0 Å². The van der Waals surface area contributed by atoms with E-state index in [1.807, 2.05) is 0 Å². The smallest absolute Gasteiger partial charge is 0.408 e. The summed E-state index contributed by atoms with van der Waals surface area (Å²) < 4.78 is 19.5. The van der Waals surface area contributed by atoms with Crippen molar-refractivity contribution in [2.75, 3.05) is 6.26 Å². The van der Waals surface area contributed by atoms with Gasteiger partial charge in [-0.2, -0.15) is 4.98 Å². The minimum absolute atomic E-state index is 0.0378. The number of oxazole rings is 1. The summed E-state index contributed by atoms with van der Waals surface area (Å²) in [5, 5.41) is 0. The predicted molar refractivity (Wildman–Crippen MR) is 31.2 cm³/mol. The van der Waals surface area contributed by atoms with E-state index >= 15 is 0 Å². The molecule has 0 saturated heterocycles. The average Bonchev–Trinajstić information content (AvgIpc) is 2.15. The highest BCUT2D eigenvalue weighted by Crippen LogP contribution is 2.04. The molecule has 0 amide bonds. The Hall–Kier alpha value is -0.840. The highest BCUT2D eigenvalue weighted by molar-refractivity contribution is 7.79. The Morgan fingerprint density at radius 1 is 1.89 bits per heavy atom. The van der Waals surface area contributed by atoms with Crippen LogP contribution in [0.1, 0.15) is 0 Å². The maximum atomic E-state index is 10.3. The van der Waals surface area contributed by atoms with Gasteiger partial charge in [-0.3, -0.25) is 0 Å². The van der Waals surface area contributed by atoms with E-state index in [2.05, 4.69) is 13.6 Å². The van der Waals surface area contributed by atoms with E-state index in [4.69, 9.17) is 0 Å². The normalized spacial score (nSPS) is 13.0. The predicted octanol–water partition coefficient (Wildman–Crippen LogP) is 0.347. The van der Waals surface area contributed by atoms with Gasteiger partial charge in [-0.25, -0.2) is 4.21 Å². The standard InChI is InChI=1S/C4H5NO3S/c1-9(6)8-4-5-2-3-7-4/h2-3H,1H3. The van der Waals surface area contributed by atoms with Crippen molar-refractivity contribution in [2.45, 2.75) is 0 Å². The molecule has 50 valence electrons. The summed E-state index contributed by atoms with van der Waals surface area (Å²) in [5.41, 5.74) is 0. The van der Waals surface area contributed by atoms with E-state index in [-0.39, 0.29) is 6.08 Å². The van der Waals surface area contributed by atoms with Crippen molar-refractivity contribution in [3.05, 3.63) is 12.5 Å². The second-order valence-corrected chi connectivity index (χ2v) is 2.25. The lowest BCUT2D eigenvalue weighted by atomic mass is 11.0. The van der Waals surface area contributed by atoms with Crippen molar-refractivity contribution >= 4 is 11.1 Å². The third-order valence-electron chi connectivity index (χ3n) is 0.598. The molecule has 0 aliphatic heterocycles. The Morgan fingerprint density at radius 3 is 3.11 bits per heavy atom. The van der Waals surface area contributed by atoms with Crippen LogP contribution in [0.15, 0.2) is 16.9 Å². The van der Waals surface area contributed by atoms with Gasteiger partial charge in [0.25, 0.3) is 0 Å². The number of hydrogen-bond acceptors (Lipinski definition) is 4. The molecule has 1 aromatic rings. The first-order valence-corrected chi connectivity index (χ1v) is 3.68. The molecule has 0 aromatic carbocycles. The Balaban J connectivity index is 2.58. The Kier molecular flexibility index (Phi) is 1.84. The summed E-state index contributed by atoms with van der Waals surface area (Å²) in [4.78, 5) is 3.57. The molecule has 0 aliphatic carbocycles. The van der Waals surface area contributed by atoms with Crippen LogP contribution in [-0.4, -0.2) is 15.4 Å². The fourth-order valence-corrected chi connectivity index (χ4v) is 0.635. The van der Waals surface area contributed by atoms with Crippen LogP contribution in [0.4, 0.5) is 0 Å². The molecule has 5 heteroatoms. The minimum atomic E-state index is -1.35. The molecular weight excluding hydrogens is 142 g/mol. The largest absolute Gasteiger partial charge is 0.417 e. The van der Waals surface area contributed by atoms with Crippen LogP contribution >= 0.6 is 0 Å². The number of hydrogen-bond donors (Lipinski definition) is 0. The molecule has 0 spiro atoms. The highest BCUT2D eigenvalue weighted by Gasteiger charge is 1.98. The van der Waals surface area contributed by atoms with Crippen molar-refractivity contribution in [1.29, 1.82) is 0 Å². The van der Waals surface area contributed by atoms with Crippen molar-refractivity contribution < 1.29 is 12.8 Å². The molecule has 1 rings (SSSR count). The molecule has 1 aromatic heterocycles. The van der Waals surface area contributed by atoms with Crippen LogP contribution in [0, 0.1) is 0 Å². The van der Waals surface area contributed by atoms with Gasteiger partial charge in [-0.05, 0) is 0 Å². The first kappa shape index (κ1) is 6.28. The van der Waals surface area contributed by atoms with E-state index in [0.717, 1.165) is 0 Å². The zero-order chi connectivity index (χ0) is 6.69. The number of aromatic nitrogens is 1.